The Kier molecular flexibility index (Phi) is 4.20. The van der Waals surface area contributed by atoms with E-state index < -0.39 is 5.76 Å². The molecule has 7 nitrogen and oxygen atoms in total. The highest BCUT2D eigenvalue weighted by Gasteiger charge is 2.24. The Labute approximate surface area is 170 Å². The van der Waals surface area contributed by atoms with Crippen LogP contribution in [0, 0.1) is 0 Å². The molecule has 0 atom stereocenters. The molecular weight excluding hydrogens is 392 g/mol. The fourth-order valence-corrected chi connectivity index (χ4v) is 3.75. The normalized spacial score (nSPS) is 14.0. The molecule has 1 amide bonds. The van der Waals surface area contributed by atoms with Gasteiger partial charge in [-0.15, -0.1) is 0 Å². The Balaban J connectivity index is 1.34. The van der Waals surface area contributed by atoms with Gasteiger partial charge in [-0.3, -0.25) is 9.36 Å². The highest BCUT2D eigenvalue weighted by atomic mass is 35.5. The van der Waals surface area contributed by atoms with Crippen molar-refractivity contribution in [1.82, 2.24) is 19.4 Å². The predicted molar refractivity (Wildman–Crippen MR) is 110 cm³/mol. The molecule has 1 saturated carbocycles. The minimum absolute atomic E-state index is 0.130. The summed E-state index contributed by atoms with van der Waals surface area (Å²) in [6, 6.07) is 11.2. The minimum atomic E-state index is -0.583. The first-order valence-corrected chi connectivity index (χ1v) is 9.87. The number of benzene rings is 2. The summed E-state index contributed by atoms with van der Waals surface area (Å²) >= 11 is 6.01. The van der Waals surface area contributed by atoms with E-state index >= 15 is 0 Å². The molecular formula is C21H19ClN4O3. The molecule has 0 saturated heterocycles. The molecule has 0 unspecified atom stereocenters. The SMILES string of the molecule is CN(Cc1nc2ccc(C3CC3)cc2[nH]1)C(=O)Cn1c(=O)oc2ccc(Cl)cc21. The van der Waals surface area contributed by atoms with Gasteiger partial charge in [-0.1, -0.05) is 17.7 Å². The maximum absolute atomic E-state index is 12.7. The van der Waals surface area contributed by atoms with E-state index in [2.05, 4.69) is 22.1 Å². The Morgan fingerprint density at radius 3 is 2.93 bits per heavy atom. The van der Waals surface area contributed by atoms with Crippen molar-refractivity contribution >= 4 is 39.6 Å². The first-order valence-electron chi connectivity index (χ1n) is 9.49. The summed E-state index contributed by atoms with van der Waals surface area (Å²) in [6.07, 6.45) is 2.49. The van der Waals surface area contributed by atoms with Gasteiger partial charge >= 0.3 is 5.76 Å². The van der Waals surface area contributed by atoms with Gasteiger partial charge < -0.3 is 14.3 Å². The van der Waals surface area contributed by atoms with E-state index in [4.69, 9.17) is 16.0 Å². The molecule has 1 aliphatic rings. The van der Waals surface area contributed by atoms with Crippen molar-refractivity contribution in [1.29, 1.82) is 0 Å². The number of aromatic amines is 1. The van der Waals surface area contributed by atoms with Crippen LogP contribution < -0.4 is 5.76 Å². The van der Waals surface area contributed by atoms with Crippen LogP contribution in [-0.2, 0) is 17.9 Å². The zero-order valence-corrected chi connectivity index (χ0v) is 16.6. The van der Waals surface area contributed by atoms with Crippen LogP contribution in [0.25, 0.3) is 22.1 Å². The zero-order chi connectivity index (χ0) is 20.1. The Hall–Kier alpha value is -3.06. The summed E-state index contributed by atoms with van der Waals surface area (Å²) in [5.74, 6) is 0.567. The van der Waals surface area contributed by atoms with Crippen molar-refractivity contribution in [2.45, 2.75) is 31.8 Å². The number of hydrogen-bond donors (Lipinski definition) is 1. The molecule has 1 N–H and O–H groups in total. The number of H-pyrrole nitrogens is 1. The number of hydrogen-bond acceptors (Lipinski definition) is 4. The summed E-state index contributed by atoms with van der Waals surface area (Å²) < 4.78 is 6.48. The van der Waals surface area contributed by atoms with E-state index in [0.717, 1.165) is 11.0 Å². The van der Waals surface area contributed by atoms with Crippen LogP contribution in [0.5, 0.6) is 0 Å². The van der Waals surface area contributed by atoms with E-state index in [1.807, 2.05) is 6.07 Å². The van der Waals surface area contributed by atoms with E-state index in [-0.39, 0.29) is 12.5 Å². The number of amides is 1. The lowest BCUT2D eigenvalue weighted by Crippen LogP contribution is -2.32. The van der Waals surface area contributed by atoms with Crippen LogP contribution in [0.1, 0.15) is 30.1 Å². The second-order valence-corrected chi connectivity index (χ2v) is 7.99. The van der Waals surface area contributed by atoms with Crippen LogP contribution in [0.4, 0.5) is 0 Å². The van der Waals surface area contributed by atoms with Crippen LogP contribution in [0.15, 0.2) is 45.6 Å². The van der Waals surface area contributed by atoms with Crippen molar-refractivity contribution in [2.75, 3.05) is 7.05 Å². The van der Waals surface area contributed by atoms with Crippen molar-refractivity contribution in [2.24, 2.45) is 0 Å². The third kappa shape index (κ3) is 3.42. The number of nitrogens with one attached hydrogen (secondary N) is 1. The summed E-state index contributed by atoms with van der Waals surface area (Å²) in [6.45, 7) is 0.187. The van der Waals surface area contributed by atoms with Crippen molar-refractivity contribution in [3.63, 3.8) is 0 Å². The molecule has 29 heavy (non-hydrogen) atoms. The third-order valence-corrected chi connectivity index (χ3v) is 5.57. The number of oxazole rings is 1. The van der Waals surface area contributed by atoms with Gasteiger partial charge in [-0.25, -0.2) is 9.78 Å². The molecule has 4 aromatic rings. The average molecular weight is 411 g/mol. The Morgan fingerprint density at radius 1 is 1.31 bits per heavy atom. The Bertz CT molecular complexity index is 1300. The van der Waals surface area contributed by atoms with E-state index in [9.17, 15) is 9.59 Å². The molecule has 5 rings (SSSR count). The Morgan fingerprint density at radius 2 is 2.14 bits per heavy atom. The number of carbonyl (C=O) groups is 1. The van der Waals surface area contributed by atoms with E-state index in [0.29, 0.717) is 34.4 Å². The number of nitrogens with zero attached hydrogens (tertiary/aromatic N) is 3. The number of fused-ring (bicyclic) bond motifs is 2. The molecule has 1 fully saturated rings. The second-order valence-electron chi connectivity index (χ2n) is 7.55. The van der Waals surface area contributed by atoms with Crippen molar-refractivity contribution < 1.29 is 9.21 Å². The molecule has 148 valence electrons. The fourth-order valence-electron chi connectivity index (χ4n) is 3.58. The van der Waals surface area contributed by atoms with Crippen LogP contribution in [0.2, 0.25) is 5.02 Å². The topological polar surface area (TPSA) is 84.1 Å². The molecule has 0 radical (unpaired) electrons. The van der Waals surface area contributed by atoms with Crippen LogP contribution >= 0.6 is 11.6 Å². The van der Waals surface area contributed by atoms with Gasteiger partial charge in [-0.2, -0.15) is 0 Å². The number of aromatic nitrogens is 3. The molecule has 2 aromatic carbocycles. The number of likely N-dealkylation sites (N-methyl/N-ethyl adjacent to an activating group) is 1. The maximum Gasteiger partial charge on any atom is 0.420 e. The molecule has 0 aliphatic heterocycles. The third-order valence-electron chi connectivity index (χ3n) is 5.34. The molecule has 2 heterocycles. The second kappa shape index (κ2) is 6.77. The van der Waals surface area contributed by atoms with Gasteiger partial charge in [0, 0.05) is 12.1 Å². The van der Waals surface area contributed by atoms with Gasteiger partial charge in [0.1, 0.15) is 12.4 Å². The largest absolute Gasteiger partial charge is 0.420 e. The number of halogens is 1. The lowest BCUT2D eigenvalue weighted by molar-refractivity contribution is -0.131. The molecule has 8 heteroatoms. The number of carbonyl (C=O) groups excluding carboxylic acids is 1. The highest BCUT2D eigenvalue weighted by Crippen LogP contribution is 2.40. The number of imidazole rings is 1. The highest BCUT2D eigenvalue weighted by molar-refractivity contribution is 6.31. The van der Waals surface area contributed by atoms with Crippen LogP contribution in [-0.4, -0.2) is 32.4 Å². The average Bonchev–Trinajstić information content (AvgIpc) is 3.40. The maximum atomic E-state index is 12.7. The summed E-state index contributed by atoms with van der Waals surface area (Å²) in [5.41, 5.74) is 4.11. The van der Waals surface area contributed by atoms with Gasteiger partial charge in [0.15, 0.2) is 5.58 Å². The summed E-state index contributed by atoms with van der Waals surface area (Å²) in [7, 11) is 1.69. The van der Waals surface area contributed by atoms with Gasteiger partial charge in [0.2, 0.25) is 5.91 Å². The molecule has 0 bridgehead atoms. The quantitative estimate of drug-likeness (QED) is 0.544. The van der Waals surface area contributed by atoms with Crippen LogP contribution in [0.3, 0.4) is 0 Å². The molecule has 1 aliphatic carbocycles. The van der Waals surface area contributed by atoms with E-state index in [1.165, 1.54) is 27.9 Å². The lowest BCUT2D eigenvalue weighted by atomic mass is 10.1. The standard InChI is InChI=1S/C21H19ClN4O3/c1-25(10-19-23-15-6-4-13(12-2-3-12)8-16(15)24-19)20(27)11-26-17-9-14(22)5-7-18(17)29-21(26)28/h4-9,12H,2-3,10-11H2,1H3,(H,23,24). The first kappa shape index (κ1) is 18.0. The summed E-state index contributed by atoms with van der Waals surface area (Å²) in [5, 5.41) is 0.473. The zero-order valence-electron chi connectivity index (χ0n) is 15.8. The predicted octanol–water partition coefficient (Wildman–Crippen LogP) is 3.66. The van der Waals surface area contributed by atoms with Crippen molar-refractivity contribution in [3.05, 3.63) is 63.4 Å². The van der Waals surface area contributed by atoms with Gasteiger partial charge in [0.25, 0.3) is 0 Å². The smallest absolute Gasteiger partial charge is 0.408 e. The van der Waals surface area contributed by atoms with Gasteiger partial charge in [-0.05, 0) is 54.7 Å². The molecule has 0 spiro atoms. The first-order chi connectivity index (χ1) is 14.0. The molecule has 2 aromatic heterocycles. The fraction of sp³-hybridized carbons (Fsp3) is 0.286. The summed E-state index contributed by atoms with van der Waals surface area (Å²) in [4.78, 5) is 34.3. The van der Waals surface area contributed by atoms with Crippen molar-refractivity contribution in [3.8, 4) is 0 Å². The minimum Gasteiger partial charge on any atom is -0.408 e. The van der Waals surface area contributed by atoms with Gasteiger partial charge in [0.05, 0.1) is 23.1 Å². The monoisotopic (exact) mass is 410 g/mol. The lowest BCUT2D eigenvalue weighted by Gasteiger charge is -2.15. The van der Waals surface area contributed by atoms with E-state index in [1.54, 1.807) is 25.2 Å². The number of rotatable bonds is 5.